The molecule has 15 heavy (non-hydrogen) atoms. The van der Waals surface area contributed by atoms with Crippen molar-refractivity contribution in [3.8, 4) is 11.3 Å². The van der Waals surface area contributed by atoms with Gasteiger partial charge in [-0.1, -0.05) is 29.3 Å². The summed E-state index contributed by atoms with van der Waals surface area (Å²) in [6, 6.07) is 5.46. The summed E-state index contributed by atoms with van der Waals surface area (Å²) in [5.41, 5.74) is 7.34. The minimum atomic E-state index is 0.464. The molecule has 0 unspecified atom stereocenters. The van der Waals surface area contributed by atoms with Crippen LogP contribution in [-0.2, 0) is 6.54 Å². The molecule has 78 valence electrons. The lowest BCUT2D eigenvalue weighted by atomic mass is 10.2. The van der Waals surface area contributed by atoms with E-state index >= 15 is 0 Å². The molecule has 0 aliphatic rings. The van der Waals surface area contributed by atoms with Crippen LogP contribution in [0.25, 0.3) is 11.3 Å². The zero-order valence-corrected chi connectivity index (χ0v) is 10.0. The van der Waals surface area contributed by atoms with Gasteiger partial charge >= 0.3 is 0 Å². The molecule has 5 heteroatoms. The summed E-state index contributed by atoms with van der Waals surface area (Å²) in [5.74, 6) is 0. The van der Waals surface area contributed by atoms with Gasteiger partial charge in [0.1, 0.15) is 5.01 Å². The van der Waals surface area contributed by atoms with Crippen LogP contribution in [0.5, 0.6) is 0 Å². The number of benzene rings is 1. The molecule has 1 aromatic carbocycles. The van der Waals surface area contributed by atoms with Gasteiger partial charge in [-0.3, -0.25) is 0 Å². The molecule has 0 saturated heterocycles. The van der Waals surface area contributed by atoms with E-state index in [0.717, 1.165) is 16.3 Å². The predicted octanol–water partition coefficient (Wildman–Crippen LogP) is 3.58. The average molecular weight is 259 g/mol. The maximum Gasteiger partial charge on any atom is 0.107 e. The standard InChI is InChI=1S/C10H8Cl2N2S/c11-7-2-1-6(3-8(7)12)9-5-15-10(4-13)14-9/h1-3,5H,4,13H2. The summed E-state index contributed by atoms with van der Waals surface area (Å²) in [6.45, 7) is 0.464. The van der Waals surface area contributed by atoms with Gasteiger partial charge < -0.3 is 5.73 Å². The Bertz CT molecular complexity index is 482. The summed E-state index contributed by atoms with van der Waals surface area (Å²) in [7, 11) is 0. The minimum absolute atomic E-state index is 0.464. The SMILES string of the molecule is NCc1nc(-c2ccc(Cl)c(Cl)c2)cs1. The fraction of sp³-hybridized carbons (Fsp3) is 0.100. The number of halogens is 2. The maximum absolute atomic E-state index is 5.92. The highest BCUT2D eigenvalue weighted by molar-refractivity contribution is 7.09. The molecule has 0 spiro atoms. The summed E-state index contributed by atoms with van der Waals surface area (Å²) in [5, 5.41) is 3.96. The lowest BCUT2D eigenvalue weighted by molar-refractivity contribution is 1.04. The van der Waals surface area contributed by atoms with Crippen LogP contribution >= 0.6 is 34.5 Å². The Balaban J connectivity index is 2.40. The van der Waals surface area contributed by atoms with Crippen LogP contribution in [-0.4, -0.2) is 4.98 Å². The Morgan fingerprint density at radius 1 is 1.27 bits per heavy atom. The van der Waals surface area contributed by atoms with Crippen molar-refractivity contribution in [1.82, 2.24) is 4.98 Å². The van der Waals surface area contributed by atoms with Gasteiger partial charge in [-0.2, -0.15) is 0 Å². The van der Waals surface area contributed by atoms with Crippen molar-refractivity contribution in [2.75, 3.05) is 0 Å². The molecule has 0 bridgehead atoms. The largest absolute Gasteiger partial charge is 0.325 e. The quantitative estimate of drug-likeness (QED) is 0.895. The number of nitrogens with two attached hydrogens (primary N) is 1. The van der Waals surface area contributed by atoms with Crippen LogP contribution < -0.4 is 5.73 Å². The summed E-state index contributed by atoms with van der Waals surface area (Å²) < 4.78 is 0. The Labute approximate surface area is 102 Å². The van der Waals surface area contributed by atoms with Crippen LogP contribution in [0.3, 0.4) is 0 Å². The molecule has 0 atom stereocenters. The second-order valence-electron chi connectivity index (χ2n) is 2.96. The first-order chi connectivity index (χ1) is 7.20. The number of hydrogen-bond acceptors (Lipinski definition) is 3. The van der Waals surface area contributed by atoms with Crippen LogP contribution in [0.1, 0.15) is 5.01 Å². The summed E-state index contributed by atoms with van der Waals surface area (Å²) in [6.07, 6.45) is 0. The van der Waals surface area contributed by atoms with Gasteiger partial charge in [-0.05, 0) is 12.1 Å². The van der Waals surface area contributed by atoms with E-state index in [4.69, 9.17) is 28.9 Å². The molecule has 1 heterocycles. The first kappa shape index (κ1) is 10.9. The molecule has 2 nitrogen and oxygen atoms in total. The van der Waals surface area contributed by atoms with Crippen LogP contribution in [0.15, 0.2) is 23.6 Å². The van der Waals surface area contributed by atoms with Gasteiger partial charge in [0.15, 0.2) is 0 Å². The molecule has 2 N–H and O–H groups in total. The zero-order chi connectivity index (χ0) is 10.8. The summed E-state index contributed by atoms with van der Waals surface area (Å²) in [4.78, 5) is 4.36. The lowest BCUT2D eigenvalue weighted by Gasteiger charge is -1.99. The third kappa shape index (κ3) is 2.32. The predicted molar refractivity (Wildman–Crippen MR) is 65.5 cm³/mol. The van der Waals surface area contributed by atoms with E-state index in [0.29, 0.717) is 16.6 Å². The fourth-order valence-corrected chi connectivity index (χ4v) is 2.17. The first-order valence-electron chi connectivity index (χ1n) is 4.30. The Hall–Kier alpha value is -0.610. The van der Waals surface area contributed by atoms with Crippen molar-refractivity contribution in [2.24, 2.45) is 5.73 Å². The molecular weight excluding hydrogens is 251 g/mol. The van der Waals surface area contributed by atoms with Gasteiger partial charge in [0.25, 0.3) is 0 Å². The molecule has 0 saturated carbocycles. The average Bonchev–Trinajstić information content (AvgIpc) is 2.70. The lowest BCUT2D eigenvalue weighted by Crippen LogP contribution is -1.94. The van der Waals surface area contributed by atoms with Crippen molar-refractivity contribution >= 4 is 34.5 Å². The van der Waals surface area contributed by atoms with Gasteiger partial charge in [0.05, 0.1) is 15.7 Å². The normalized spacial score (nSPS) is 10.6. The first-order valence-corrected chi connectivity index (χ1v) is 5.94. The summed E-state index contributed by atoms with van der Waals surface area (Å²) >= 11 is 13.3. The van der Waals surface area contributed by atoms with E-state index in [9.17, 15) is 0 Å². The molecule has 2 aromatic rings. The molecule has 0 radical (unpaired) electrons. The molecule has 0 aliphatic carbocycles. The second kappa shape index (κ2) is 4.49. The van der Waals surface area contributed by atoms with Gasteiger partial charge in [-0.15, -0.1) is 11.3 Å². The van der Waals surface area contributed by atoms with E-state index in [-0.39, 0.29) is 0 Å². The third-order valence-electron chi connectivity index (χ3n) is 1.94. The van der Waals surface area contributed by atoms with E-state index in [1.54, 1.807) is 23.5 Å². The van der Waals surface area contributed by atoms with Crippen molar-refractivity contribution in [3.63, 3.8) is 0 Å². The number of thiazole rings is 1. The van der Waals surface area contributed by atoms with Crippen LogP contribution in [0.2, 0.25) is 10.0 Å². The smallest absolute Gasteiger partial charge is 0.107 e. The number of nitrogens with zero attached hydrogens (tertiary/aromatic N) is 1. The molecule has 0 amide bonds. The number of hydrogen-bond donors (Lipinski definition) is 1. The fourth-order valence-electron chi connectivity index (χ4n) is 1.19. The van der Waals surface area contributed by atoms with Gasteiger partial charge in [0.2, 0.25) is 0 Å². The number of aromatic nitrogens is 1. The highest BCUT2D eigenvalue weighted by Crippen LogP contribution is 2.29. The highest BCUT2D eigenvalue weighted by Gasteiger charge is 2.05. The molecule has 1 aromatic heterocycles. The Kier molecular flexibility index (Phi) is 3.26. The molecule has 0 fully saturated rings. The van der Waals surface area contributed by atoms with Crippen LogP contribution in [0.4, 0.5) is 0 Å². The topological polar surface area (TPSA) is 38.9 Å². The number of rotatable bonds is 2. The van der Waals surface area contributed by atoms with Gasteiger partial charge in [-0.25, -0.2) is 4.98 Å². The van der Waals surface area contributed by atoms with Crippen molar-refractivity contribution in [1.29, 1.82) is 0 Å². The van der Waals surface area contributed by atoms with Crippen LogP contribution in [0, 0.1) is 0 Å². The van der Waals surface area contributed by atoms with Crippen molar-refractivity contribution in [2.45, 2.75) is 6.54 Å². The van der Waals surface area contributed by atoms with Gasteiger partial charge in [0, 0.05) is 17.5 Å². The van der Waals surface area contributed by atoms with E-state index in [1.807, 2.05) is 11.4 Å². The highest BCUT2D eigenvalue weighted by atomic mass is 35.5. The van der Waals surface area contributed by atoms with E-state index < -0.39 is 0 Å². The molecular formula is C10H8Cl2N2S. The minimum Gasteiger partial charge on any atom is -0.325 e. The maximum atomic E-state index is 5.92. The molecule has 0 aliphatic heterocycles. The van der Waals surface area contributed by atoms with E-state index in [2.05, 4.69) is 4.98 Å². The second-order valence-corrected chi connectivity index (χ2v) is 4.72. The van der Waals surface area contributed by atoms with Crippen molar-refractivity contribution < 1.29 is 0 Å². The third-order valence-corrected chi connectivity index (χ3v) is 3.55. The van der Waals surface area contributed by atoms with Crippen molar-refractivity contribution in [3.05, 3.63) is 38.6 Å². The van der Waals surface area contributed by atoms with E-state index in [1.165, 1.54) is 0 Å². The Morgan fingerprint density at radius 2 is 2.07 bits per heavy atom. The molecule has 2 rings (SSSR count). The Morgan fingerprint density at radius 3 is 2.67 bits per heavy atom. The zero-order valence-electron chi connectivity index (χ0n) is 7.71. The monoisotopic (exact) mass is 258 g/mol.